The van der Waals surface area contributed by atoms with Gasteiger partial charge in [-0.05, 0) is 19.9 Å². The number of ether oxygens (including phenoxy) is 1. The normalized spacial score (nSPS) is 17.5. The molecule has 0 bridgehead atoms. The van der Waals surface area contributed by atoms with E-state index in [1.165, 1.54) is 6.07 Å². The molecule has 1 aliphatic heterocycles. The topological polar surface area (TPSA) is 72.5 Å². The van der Waals surface area contributed by atoms with Crippen LogP contribution in [0.5, 0.6) is 0 Å². The van der Waals surface area contributed by atoms with Gasteiger partial charge in [0.25, 0.3) is 5.91 Å². The molecule has 1 N–H and O–H groups in total. The molecule has 0 aromatic heterocycles. The second-order valence-corrected chi connectivity index (χ2v) is 5.93. The Labute approximate surface area is 112 Å². The second-order valence-electron chi connectivity index (χ2n) is 4.16. The summed E-state index contributed by atoms with van der Waals surface area (Å²) in [5.74, 6) is -0.361. The van der Waals surface area contributed by atoms with E-state index in [1.807, 2.05) is 0 Å². The summed E-state index contributed by atoms with van der Waals surface area (Å²) >= 11 is 0. The SMILES string of the molecule is CCOC(C)C(=O)NC1=CS(=O)(=O)c2ccccc21. The summed E-state index contributed by atoms with van der Waals surface area (Å²) in [6, 6.07) is 6.56. The van der Waals surface area contributed by atoms with E-state index in [2.05, 4.69) is 5.32 Å². The van der Waals surface area contributed by atoms with Crippen LogP contribution in [0.15, 0.2) is 34.6 Å². The van der Waals surface area contributed by atoms with Crippen LogP contribution in [0.1, 0.15) is 19.4 Å². The fraction of sp³-hybridized carbons (Fsp3) is 0.308. The molecule has 1 amide bonds. The third-order valence-electron chi connectivity index (χ3n) is 2.80. The van der Waals surface area contributed by atoms with Crippen LogP contribution in [0.3, 0.4) is 0 Å². The fourth-order valence-corrected chi connectivity index (χ4v) is 3.25. The average Bonchev–Trinajstić information content (AvgIpc) is 2.62. The van der Waals surface area contributed by atoms with Crippen molar-refractivity contribution in [2.24, 2.45) is 0 Å². The Morgan fingerprint density at radius 3 is 2.74 bits per heavy atom. The maximum atomic E-state index is 11.9. The number of sulfone groups is 1. The number of fused-ring (bicyclic) bond motifs is 1. The highest BCUT2D eigenvalue weighted by atomic mass is 32.2. The molecule has 0 saturated heterocycles. The van der Waals surface area contributed by atoms with Crippen molar-refractivity contribution in [3.8, 4) is 0 Å². The number of benzene rings is 1. The molecule has 1 aromatic carbocycles. The molecule has 0 radical (unpaired) electrons. The Balaban J connectivity index is 2.26. The van der Waals surface area contributed by atoms with Gasteiger partial charge in [0.2, 0.25) is 9.84 Å². The number of amides is 1. The first-order chi connectivity index (χ1) is 8.95. The van der Waals surface area contributed by atoms with E-state index in [9.17, 15) is 13.2 Å². The number of carbonyl (C=O) groups excluding carboxylic acids is 1. The molecular formula is C13H15NO4S. The largest absolute Gasteiger partial charge is 0.369 e. The van der Waals surface area contributed by atoms with Gasteiger partial charge < -0.3 is 10.1 Å². The van der Waals surface area contributed by atoms with Crippen LogP contribution in [0.2, 0.25) is 0 Å². The van der Waals surface area contributed by atoms with Crippen molar-refractivity contribution < 1.29 is 17.9 Å². The van der Waals surface area contributed by atoms with Crippen molar-refractivity contribution in [1.82, 2.24) is 5.32 Å². The lowest BCUT2D eigenvalue weighted by atomic mass is 10.2. The van der Waals surface area contributed by atoms with Gasteiger partial charge in [0.05, 0.1) is 16.0 Å². The Morgan fingerprint density at radius 2 is 2.05 bits per heavy atom. The molecule has 102 valence electrons. The van der Waals surface area contributed by atoms with Gasteiger partial charge in [0.15, 0.2) is 0 Å². The number of nitrogens with one attached hydrogen (secondary N) is 1. The molecule has 0 saturated carbocycles. The molecule has 1 heterocycles. The molecule has 0 aliphatic carbocycles. The second kappa shape index (κ2) is 5.14. The Kier molecular flexibility index (Phi) is 3.73. The van der Waals surface area contributed by atoms with Crippen molar-refractivity contribution in [2.45, 2.75) is 24.8 Å². The lowest BCUT2D eigenvalue weighted by molar-refractivity contribution is -0.130. The summed E-state index contributed by atoms with van der Waals surface area (Å²) in [5, 5.41) is 3.67. The summed E-state index contributed by atoms with van der Waals surface area (Å²) in [7, 11) is -3.46. The number of rotatable bonds is 4. The van der Waals surface area contributed by atoms with E-state index in [0.29, 0.717) is 17.9 Å². The number of carbonyl (C=O) groups is 1. The molecule has 0 spiro atoms. The monoisotopic (exact) mass is 281 g/mol. The summed E-state index contributed by atoms with van der Waals surface area (Å²) in [6.45, 7) is 3.83. The van der Waals surface area contributed by atoms with Crippen LogP contribution in [0.25, 0.3) is 5.70 Å². The van der Waals surface area contributed by atoms with Crippen molar-refractivity contribution in [3.05, 3.63) is 35.2 Å². The van der Waals surface area contributed by atoms with Crippen LogP contribution in [-0.4, -0.2) is 27.0 Å². The molecule has 5 nitrogen and oxygen atoms in total. The van der Waals surface area contributed by atoms with Crippen molar-refractivity contribution in [1.29, 1.82) is 0 Å². The van der Waals surface area contributed by atoms with Crippen LogP contribution in [0.4, 0.5) is 0 Å². The van der Waals surface area contributed by atoms with Gasteiger partial charge in [-0.2, -0.15) is 0 Å². The van der Waals surface area contributed by atoms with Crippen molar-refractivity contribution in [3.63, 3.8) is 0 Å². The smallest absolute Gasteiger partial charge is 0.253 e. The quantitative estimate of drug-likeness (QED) is 0.903. The zero-order valence-corrected chi connectivity index (χ0v) is 11.5. The van der Waals surface area contributed by atoms with Gasteiger partial charge in [0.1, 0.15) is 6.10 Å². The first-order valence-electron chi connectivity index (χ1n) is 5.94. The Hall–Kier alpha value is -1.66. The van der Waals surface area contributed by atoms with E-state index >= 15 is 0 Å². The van der Waals surface area contributed by atoms with E-state index in [0.717, 1.165) is 5.41 Å². The third-order valence-corrected chi connectivity index (χ3v) is 4.32. The molecule has 1 aromatic rings. The molecule has 1 aliphatic rings. The van der Waals surface area contributed by atoms with Gasteiger partial charge in [-0.15, -0.1) is 0 Å². The highest BCUT2D eigenvalue weighted by Gasteiger charge is 2.28. The molecule has 19 heavy (non-hydrogen) atoms. The molecule has 1 unspecified atom stereocenters. The maximum Gasteiger partial charge on any atom is 0.253 e. The van der Waals surface area contributed by atoms with Crippen molar-refractivity contribution in [2.75, 3.05) is 6.61 Å². The van der Waals surface area contributed by atoms with Crippen LogP contribution in [0, 0.1) is 0 Å². The summed E-state index contributed by atoms with van der Waals surface area (Å²) in [6.07, 6.45) is -0.624. The summed E-state index contributed by atoms with van der Waals surface area (Å²) < 4.78 is 28.9. The molecule has 0 fully saturated rings. The zero-order valence-electron chi connectivity index (χ0n) is 10.7. The van der Waals surface area contributed by atoms with E-state index in [1.54, 1.807) is 32.0 Å². The zero-order chi connectivity index (χ0) is 14.0. The minimum absolute atomic E-state index is 0.217. The minimum Gasteiger partial charge on any atom is -0.369 e. The first kappa shape index (κ1) is 13.8. The highest BCUT2D eigenvalue weighted by molar-refractivity contribution is 7.95. The van der Waals surface area contributed by atoms with E-state index in [4.69, 9.17) is 4.74 Å². The fourth-order valence-electron chi connectivity index (χ4n) is 1.88. The lowest BCUT2D eigenvalue weighted by Crippen LogP contribution is -2.33. The molecule has 6 heteroatoms. The highest BCUT2D eigenvalue weighted by Crippen LogP contribution is 2.31. The van der Waals surface area contributed by atoms with Gasteiger partial charge in [-0.25, -0.2) is 8.42 Å². The molecular weight excluding hydrogens is 266 g/mol. The first-order valence-corrected chi connectivity index (χ1v) is 7.49. The Morgan fingerprint density at radius 1 is 1.37 bits per heavy atom. The lowest BCUT2D eigenvalue weighted by Gasteiger charge is -2.12. The van der Waals surface area contributed by atoms with Gasteiger partial charge in [-0.1, -0.05) is 18.2 Å². The van der Waals surface area contributed by atoms with Gasteiger partial charge in [0, 0.05) is 12.2 Å². The summed E-state index contributed by atoms with van der Waals surface area (Å²) in [5.41, 5.74) is 0.812. The van der Waals surface area contributed by atoms with E-state index in [-0.39, 0.29) is 10.8 Å². The number of hydrogen-bond donors (Lipinski definition) is 1. The Bertz CT molecular complexity index is 634. The minimum atomic E-state index is -3.46. The number of hydrogen-bond acceptors (Lipinski definition) is 4. The van der Waals surface area contributed by atoms with Gasteiger partial charge in [-0.3, -0.25) is 4.79 Å². The average molecular weight is 281 g/mol. The van der Waals surface area contributed by atoms with E-state index < -0.39 is 15.9 Å². The van der Waals surface area contributed by atoms with Gasteiger partial charge >= 0.3 is 0 Å². The van der Waals surface area contributed by atoms with Crippen LogP contribution in [-0.2, 0) is 19.4 Å². The van der Waals surface area contributed by atoms with Crippen LogP contribution >= 0.6 is 0 Å². The summed E-state index contributed by atoms with van der Waals surface area (Å²) in [4.78, 5) is 12.1. The molecule has 1 atom stereocenters. The molecule has 2 rings (SSSR count). The van der Waals surface area contributed by atoms with Crippen molar-refractivity contribution >= 4 is 21.4 Å². The third kappa shape index (κ3) is 2.69. The standard InChI is InChI=1S/C13H15NO4S/c1-3-18-9(2)13(15)14-11-8-19(16,17)12-7-5-4-6-10(11)12/h4-9H,3H2,1-2H3,(H,14,15). The predicted octanol–water partition coefficient (Wildman–Crippen LogP) is 1.31. The maximum absolute atomic E-state index is 11.9. The van der Waals surface area contributed by atoms with Crippen LogP contribution < -0.4 is 5.32 Å². The predicted molar refractivity (Wildman–Crippen MR) is 70.8 cm³/mol.